The van der Waals surface area contributed by atoms with Gasteiger partial charge in [-0.05, 0) is 12.1 Å². The fourth-order valence-electron chi connectivity index (χ4n) is 0.677. The van der Waals surface area contributed by atoms with Crippen LogP contribution in [0.5, 0.6) is 0 Å². The number of fused-ring (bicyclic) bond motifs is 1. The third-order valence-electron chi connectivity index (χ3n) is 1.08. The van der Waals surface area contributed by atoms with Crippen LogP contribution < -0.4 is 0 Å². The molecule has 0 aliphatic rings. The molecule has 0 radical (unpaired) electrons. The summed E-state index contributed by atoms with van der Waals surface area (Å²) in [5, 5.41) is 11.4. The van der Waals surface area contributed by atoms with E-state index in [-0.39, 0.29) is 0 Å². The third-order valence-corrected chi connectivity index (χ3v) is 1.08. The smallest absolute Gasteiger partial charge is 0.177 e. The van der Waals surface area contributed by atoms with Crippen molar-refractivity contribution >= 4 is 5.65 Å². The maximum atomic E-state index is 3.93. The molecule has 0 N–H and O–H groups in total. The van der Waals surface area contributed by atoms with Crippen molar-refractivity contribution in [3.63, 3.8) is 0 Å². The second-order valence-electron chi connectivity index (χ2n) is 1.66. The van der Waals surface area contributed by atoms with Gasteiger partial charge in [0.2, 0.25) is 0 Å². The lowest BCUT2D eigenvalue weighted by atomic mass is 10.6. The quantitative estimate of drug-likeness (QED) is 0.496. The largest absolute Gasteiger partial charge is 0.201 e. The molecule has 2 heterocycles. The van der Waals surface area contributed by atoms with Gasteiger partial charge in [0, 0.05) is 6.20 Å². The molecule has 9 heavy (non-hydrogen) atoms. The summed E-state index contributed by atoms with van der Waals surface area (Å²) in [6.07, 6.45) is 3.26. The highest BCUT2D eigenvalue weighted by Gasteiger charge is 1.88. The molecular weight excluding hydrogens is 116 g/mol. The van der Waals surface area contributed by atoms with Crippen molar-refractivity contribution in [3.05, 3.63) is 24.7 Å². The zero-order valence-electron chi connectivity index (χ0n) is 4.60. The van der Waals surface area contributed by atoms with Crippen molar-refractivity contribution in [3.8, 4) is 0 Å². The SMILES string of the molecule is c1cnn2cnnc2c1. The van der Waals surface area contributed by atoms with Gasteiger partial charge < -0.3 is 0 Å². The van der Waals surface area contributed by atoms with E-state index in [9.17, 15) is 0 Å². The van der Waals surface area contributed by atoms with Gasteiger partial charge in [0.25, 0.3) is 0 Å². The molecule has 0 amide bonds. The fraction of sp³-hybridized carbons (Fsp3) is 0. The molecule has 0 fully saturated rings. The second-order valence-corrected chi connectivity index (χ2v) is 1.66. The Morgan fingerprint density at radius 2 is 2.44 bits per heavy atom. The average molecular weight is 120 g/mol. The average Bonchev–Trinajstić information content (AvgIpc) is 2.33. The topological polar surface area (TPSA) is 43.1 Å². The molecule has 2 aromatic rings. The highest BCUT2D eigenvalue weighted by molar-refractivity contribution is 5.32. The summed E-state index contributed by atoms with van der Waals surface area (Å²) in [5.41, 5.74) is 0.775. The van der Waals surface area contributed by atoms with E-state index in [4.69, 9.17) is 0 Å². The normalized spacial score (nSPS) is 10.2. The van der Waals surface area contributed by atoms with E-state index in [1.165, 1.54) is 0 Å². The molecule has 4 heteroatoms. The van der Waals surface area contributed by atoms with E-state index in [1.807, 2.05) is 12.1 Å². The minimum absolute atomic E-state index is 0.775. The maximum absolute atomic E-state index is 3.93. The van der Waals surface area contributed by atoms with Crippen molar-refractivity contribution < 1.29 is 0 Å². The zero-order valence-corrected chi connectivity index (χ0v) is 4.60. The Morgan fingerprint density at radius 3 is 3.33 bits per heavy atom. The Morgan fingerprint density at radius 1 is 1.44 bits per heavy atom. The third kappa shape index (κ3) is 0.561. The van der Waals surface area contributed by atoms with Crippen molar-refractivity contribution in [1.82, 2.24) is 19.8 Å². The van der Waals surface area contributed by atoms with Gasteiger partial charge in [0.05, 0.1) is 0 Å². The van der Waals surface area contributed by atoms with Gasteiger partial charge >= 0.3 is 0 Å². The molecule has 0 aliphatic carbocycles. The number of rotatable bonds is 0. The lowest BCUT2D eigenvalue weighted by Crippen LogP contribution is -1.85. The highest BCUT2D eigenvalue weighted by atomic mass is 15.3. The standard InChI is InChI=1S/C5H4N4/c1-2-5-8-6-4-9(5)7-3-1/h1-4H. The summed E-state index contributed by atoms with van der Waals surface area (Å²) in [6, 6.07) is 3.67. The molecule has 0 saturated carbocycles. The first kappa shape index (κ1) is 4.43. The van der Waals surface area contributed by atoms with E-state index >= 15 is 0 Å². The van der Waals surface area contributed by atoms with Crippen LogP contribution in [-0.2, 0) is 0 Å². The Labute approximate surface area is 51.1 Å². The van der Waals surface area contributed by atoms with E-state index in [2.05, 4.69) is 15.3 Å². The maximum Gasteiger partial charge on any atom is 0.177 e. The van der Waals surface area contributed by atoms with Gasteiger partial charge in [-0.15, -0.1) is 10.2 Å². The molecule has 0 spiro atoms. The first-order chi connectivity index (χ1) is 4.47. The van der Waals surface area contributed by atoms with Crippen LogP contribution in [0, 0.1) is 0 Å². The summed E-state index contributed by atoms with van der Waals surface area (Å²) >= 11 is 0. The number of nitrogens with zero attached hydrogens (tertiary/aromatic N) is 4. The molecule has 0 saturated heterocycles. The zero-order chi connectivity index (χ0) is 6.10. The van der Waals surface area contributed by atoms with Gasteiger partial charge in [-0.25, -0.2) is 4.52 Å². The number of aromatic nitrogens is 4. The van der Waals surface area contributed by atoms with Gasteiger partial charge in [0.1, 0.15) is 6.33 Å². The summed E-state index contributed by atoms with van der Waals surface area (Å²) in [4.78, 5) is 0. The van der Waals surface area contributed by atoms with Crippen molar-refractivity contribution in [2.24, 2.45) is 0 Å². The Balaban J connectivity index is 2.95. The first-order valence-corrected chi connectivity index (χ1v) is 2.58. The lowest BCUT2D eigenvalue weighted by Gasteiger charge is -1.83. The summed E-state index contributed by atoms with van der Waals surface area (Å²) < 4.78 is 1.61. The molecule has 4 nitrogen and oxygen atoms in total. The van der Waals surface area contributed by atoms with E-state index < -0.39 is 0 Å². The minimum Gasteiger partial charge on any atom is -0.201 e. The van der Waals surface area contributed by atoms with Crippen LogP contribution in [0.4, 0.5) is 0 Å². The van der Waals surface area contributed by atoms with Crippen LogP contribution in [0.3, 0.4) is 0 Å². The molecule has 0 bridgehead atoms. The van der Waals surface area contributed by atoms with Crippen LogP contribution in [0.25, 0.3) is 5.65 Å². The first-order valence-electron chi connectivity index (χ1n) is 2.58. The molecule has 0 aliphatic heterocycles. The van der Waals surface area contributed by atoms with Crippen LogP contribution in [0.1, 0.15) is 0 Å². The van der Waals surface area contributed by atoms with Gasteiger partial charge in [-0.2, -0.15) is 5.10 Å². The minimum atomic E-state index is 0.775. The summed E-state index contributed by atoms with van der Waals surface area (Å²) in [5.74, 6) is 0. The van der Waals surface area contributed by atoms with E-state index in [0.29, 0.717) is 0 Å². The Bertz CT molecular complexity index is 283. The van der Waals surface area contributed by atoms with E-state index in [0.717, 1.165) is 5.65 Å². The predicted octanol–water partition coefficient (Wildman–Crippen LogP) is 0.124. The Hall–Kier alpha value is -1.45. The van der Waals surface area contributed by atoms with E-state index in [1.54, 1.807) is 17.0 Å². The lowest BCUT2D eigenvalue weighted by molar-refractivity contribution is 0.926. The monoisotopic (exact) mass is 120 g/mol. The predicted molar refractivity (Wildman–Crippen MR) is 30.8 cm³/mol. The Kier molecular flexibility index (Phi) is 0.745. The molecule has 0 unspecified atom stereocenters. The van der Waals surface area contributed by atoms with Crippen LogP contribution in [0.2, 0.25) is 0 Å². The summed E-state index contributed by atoms with van der Waals surface area (Å²) in [7, 11) is 0. The van der Waals surface area contributed by atoms with Gasteiger partial charge in [0.15, 0.2) is 5.65 Å². The van der Waals surface area contributed by atoms with Gasteiger partial charge in [-0.1, -0.05) is 0 Å². The second kappa shape index (κ2) is 1.51. The summed E-state index contributed by atoms with van der Waals surface area (Å²) in [6.45, 7) is 0. The molecule has 2 rings (SSSR count). The molecule has 2 aromatic heterocycles. The number of hydrogen-bond acceptors (Lipinski definition) is 3. The van der Waals surface area contributed by atoms with Crippen molar-refractivity contribution in [2.45, 2.75) is 0 Å². The molecule has 0 atom stereocenters. The van der Waals surface area contributed by atoms with Crippen molar-refractivity contribution in [1.29, 1.82) is 0 Å². The molecular formula is C5H4N4. The number of hydrogen-bond donors (Lipinski definition) is 0. The van der Waals surface area contributed by atoms with Crippen LogP contribution in [-0.4, -0.2) is 19.8 Å². The van der Waals surface area contributed by atoms with Gasteiger partial charge in [-0.3, -0.25) is 0 Å². The van der Waals surface area contributed by atoms with Crippen molar-refractivity contribution in [2.75, 3.05) is 0 Å². The van der Waals surface area contributed by atoms with Crippen LogP contribution in [0.15, 0.2) is 24.7 Å². The molecule has 44 valence electrons. The van der Waals surface area contributed by atoms with Crippen LogP contribution >= 0.6 is 0 Å². The molecule has 0 aromatic carbocycles. The fourth-order valence-corrected chi connectivity index (χ4v) is 0.677. The highest BCUT2D eigenvalue weighted by Crippen LogP contribution is 1.90.